The molecule has 0 fully saturated rings. The fourth-order valence-electron chi connectivity index (χ4n) is 2.28. The van der Waals surface area contributed by atoms with Crippen LogP contribution < -0.4 is 0 Å². The van der Waals surface area contributed by atoms with E-state index in [2.05, 4.69) is 52.0 Å². The van der Waals surface area contributed by atoms with Crippen LogP contribution in [0.2, 0.25) is 0 Å². The smallest absolute Gasteiger partial charge is 0.0587 e. The maximum Gasteiger partial charge on any atom is 0.0587 e. The third-order valence-corrected chi connectivity index (χ3v) is 3.16. The number of hydrogen-bond donors (Lipinski definition) is 0. The van der Waals surface area contributed by atoms with Crippen LogP contribution in [0.3, 0.4) is 0 Å². The summed E-state index contributed by atoms with van der Waals surface area (Å²) in [7, 11) is 0. The number of benzene rings is 1. The van der Waals surface area contributed by atoms with Crippen molar-refractivity contribution in [2.75, 3.05) is 0 Å². The number of halogens is 1. The maximum atomic E-state index is 6.43. The second kappa shape index (κ2) is 5.72. The van der Waals surface area contributed by atoms with Gasteiger partial charge in [-0.3, -0.25) is 0 Å². The normalized spacial score (nSPS) is 15.8. The van der Waals surface area contributed by atoms with E-state index in [1.54, 1.807) is 0 Å². The molecule has 0 spiro atoms. The van der Waals surface area contributed by atoms with Gasteiger partial charge < -0.3 is 0 Å². The first-order chi connectivity index (χ1) is 7.38. The average molecular weight is 239 g/mol. The zero-order chi connectivity index (χ0) is 12.2. The van der Waals surface area contributed by atoms with Gasteiger partial charge in [0.25, 0.3) is 0 Å². The van der Waals surface area contributed by atoms with Crippen molar-refractivity contribution in [1.82, 2.24) is 0 Å². The van der Waals surface area contributed by atoms with E-state index in [-0.39, 0.29) is 5.38 Å². The minimum Gasteiger partial charge on any atom is -0.118 e. The molecular weight excluding hydrogens is 216 g/mol. The molecule has 90 valence electrons. The molecule has 0 aliphatic heterocycles. The van der Waals surface area contributed by atoms with Gasteiger partial charge >= 0.3 is 0 Å². The highest BCUT2D eigenvalue weighted by Crippen LogP contribution is 2.33. The van der Waals surface area contributed by atoms with Gasteiger partial charge in [-0.05, 0) is 29.7 Å². The van der Waals surface area contributed by atoms with Crippen molar-refractivity contribution in [3.63, 3.8) is 0 Å². The monoisotopic (exact) mass is 238 g/mol. The summed E-state index contributed by atoms with van der Waals surface area (Å²) in [6.45, 7) is 9.16. The van der Waals surface area contributed by atoms with E-state index in [0.29, 0.717) is 11.3 Å². The molecule has 0 aliphatic rings. The molecule has 0 saturated heterocycles. The minimum atomic E-state index is 0.151. The van der Waals surface area contributed by atoms with Crippen LogP contribution in [0.25, 0.3) is 0 Å². The summed E-state index contributed by atoms with van der Waals surface area (Å²) in [5.74, 6) is 0.669. The molecule has 0 radical (unpaired) electrons. The van der Waals surface area contributed by atoms with E-state index >= 15 is 0 Å². The van der Waals surface area contributed by atoms with Crippen molar-refractivity contribution in [2.24, 2.45) is 11.3 Å². The van der Waals surface area contributed by atoms with Crippen LogP contribution in [0.1, 0.15) is 51.5 Å². The van der Waals surface area contributed by atoms with E-state index in [4.69, 9.17) is 11.6 Å². The predicted octanol–water partition coefficient (Wildman–Crippen LogP) is 5.43. The first kappa shape index (κ1) is 13.6. The number of hydrogen-bond acceptors (Lipinski definition) is 0. The lowest BCUT2D eigenvalue weighted by Gasteiger charge is -2.24. The van der Waals surface area contributed by atoms with Crippen LogP contribution in [0.15, 0.2) is 30.3 Å². The predicted molar refractivity (Wildman–Crippen MR) is 72.9 cm³/mol. The molecule has 1 aromatic carbocycles. The van der Waals surface area contributed by atoms with Gasteiger partial charge in [0.1, 0.15) is 0 Å². The van der Waals surface area contributed by atoms with Crippen molar-refractivity contribution >= 4 is 11.6 Å². The molecule has 0 nitrogen and oxygen atoms in total. The molecule has 0 saturated carbocycles. The van der Waals surface area contributed by atoms with Gasteiger partial charge in [-0.15, -0.1) is 11.6 Å². The highest BCUT2D eigenvalue weighted by atomic mass is 35.5. The Morgan fingerprint density at radius 3 is 2.19 bits per heavy atom. The van der Waals surface area contributed by atoms with E-state index in [9.17, 15) is 0 Å². The second-order valence-electron chi connectivity index (χ2n) is 5.98. The molecule has 0 amide bonds. The standard InChI is InChI=1S/C15H23Cl/c1-12(11-15(2,3)4)10-14(16)13-8-6-5-7-9-13/h5-9,12,14H,10-11H2,1-4H3. The van der Waals surface area contributed by atoms with E-state index in [0.717, 1.165) is 6.42 Å². The lowest BCUT2D eigenvalue weighted by atomic mass is 9.83. The summed E-state index contributed by atoms with van der Waals surface area (Å²) >= 11 is 6.43. The summed E-state index contributed by atoms with van der Waals surface area (Å²) < 4.78 is 0. The van der Waals surface area contributed by atoms with E-state index in [1.807, 2.05) is 6.07 Å². The topological polar surface area (TPSA) is 0 Å². The van der Waals surface area contributed by atoms with Crippen molar-refractivity contribution in [2.45, 2.75) is 45.9 Å². The van der Waals surface area contributed by atoms with Crippen LogP contribution in [0, 0.1) is 11.3 Å². The van der Waals surface area contributed by atoms with E-state index < -0.39 is 0 Å². The third kappa shape index (κ3) is 5.03. The van der Waals surface area contributed by atoms with Gasteiger partial charge in [0.05, 0.1) is 5.38 Å². The highest BCUT2D eigenvalue weighted by molar-refractivity contribution is 6.20. The lowest BCUT2D eigenvalue weighted by Crippen LogP contribution is -2.12. The molecule has 0 aliphatic carbocycles. The van der Waals surface area contributed by atoms with Crippen LogP contribution in [-0.2, 0) is 0 Å². The largest absolute Gasteiger partial charge is 0.118 e. The summed E-state index contributed by atoms with van der Waals surface area (Å²) in [4.78, 5) is 0. The SMILES string of the molecule is CC(CC(Cl)c1ccccc1)CC(C)(C)C. The van der Waals surface area contributed by atoms with Crippen LogP contribution in [0.4, 0.5) is 0 Å². The fourth-order valence-corrected chi connectivity index (χ4v) is 2.73. The van der Waals surface area contributed by atoms with Crippen LogP contribution >= 0.6 is 11.6 Å². The van der Waals surface area contributed by atoms with Gasteiger partial charge in [0, 0.05) is 0 Å². The zero-order valence-corrected chi connectivity index (χ0v) is 11.6. The van der Waals surface area contributed by atoms with Gasteiger partial charge in [0.15, 0.2) is 0 Å². The molecule has 0 N–H and O–H groups in total. The molecule has 0 aromatic heterocycles. The Morgan fingerprint density at radius 1 is 1.12 bits per heavy atom. The van der Waals surface area contributed by atoms with Gasteiger partial charge in [-0.2, -0.15) is 0 Å². The minimum absolute atomic E-state index is 0.151. The molecule has 0 heterocycles. The van der Waals surface area contributed by atoms with Crippen molar-refractivity contribution in [3.8, 4) is 0 Å². The zero-order valence-electron chi connectivity index (χ0n) is 10.8. The molecule has 1 aromatic rings. The first-order valence-electron chi connectivity index (χ1n) is 6.07. The summed E-state index contributed by atoms with van der Waals surface area (Å²) in [5, 5.41) is 0.151. The molecule has 1 rings (SSSR count). The summed E-state index contributed by atoms with van der Waals surface area (Å²) in [6.07, 6.45) is 2.28. The van der Waals surface area contributed by atoms with Crippen molar-refractivity contribution in [1.29, 1.82) is 0 Å². The molecule has 2 atom stereocenters. The quantitative estimate of drug-likeness (QED) is 0.614. The van der Waals surface area contributed by atoms with Crippen LogP contribution in [-0.4, -0.2) is 0 Å². The van der Waals surface area contributed by atoms with Crippen molar-refractivity contribution in [3.05, 3.63) is 35.9 Å². The number of alkyl halides is 1. The van der Waals surface area contributed by atoms with Crippen molar-refractivity contribution < 1.29 is 0 Å². The Bertz CT molecular complexity index is 297. The van der Waals surface area contributed by atoms with Crippen LogP contribution in [0.5, 0.6) is 0 Å². The van der Waals surface area contributed by atoms with Gasteiger partial charge in [0.2, 0.25) is 0 Å². The Labute approximate surface area is 105 Å². The van der Waals surface area contributed by atoms with Gasteiger partial charge in [-0.25, -0.2) is 0 Å². The number of rotatable bonds is 4. The molecule has 1 heteroatoms. The summed E-state index contributed by atoms with van der Waals surface area (Å²) in [5.41, 5.74) is 1.64. The second-order valence-corrected chi connectivity index (χ2v) is 6.51. The summed E-state index contributed by atoms with van der Waals surface area (Å²) in [6, 6.07) is 10.4. The average Bonchev–Trinajstić information content (AvgIpc) is 2.16. The maximum absolute atomic E-state index is 6.43. The lowest BCUT2D eigenvalue weighted by molar-refractivity contribution is 0.295. The Balaban J connectivity index is 2.49. The Kier molecular flexibility index (Phi) is 4.86. The molecule has 16 heavy (non-hydrogen) atoms. The molecular formula is C15H23Cl. The molecule has 2 unspecified atom stereocenters. The van der Waals surface area contributed by atoms with Gasteiger partial charge in [-0.1, -0.05) is 58.0 Å². The first-order valence-corrected chi connectivity index (χ1v) is 6.51. The highest BCUT2D eigenvalue weighted by Gasteiger charge is 2.18. The third-order valence-electron chi connectivity index (χ3n) is 2.73. The Morgan fingerprint density at radius 2 is 1.69 bits per heavy atom. The Hall–Kier alpha value is -0.490. The van der Waals surface area contributed by atoms with E-state index in [1.165, 1.54) is 12.0 Å². The fraction of sp³-hybridized carbons (Fsp3) is 0.600. The molecule has 0 bridgehead atoms.